The van der Waals surface area contributed by atoms with Crippen LogP contribution in [0.5, 0.6) is 0 Å². The van der Waals surface area contributed by atoms with Crippen molar-refractivity contribution >= 4 is 50.2 Å². The minimum absolute atomic E-state index is 0.628. The van der Waals surface area contributed by atoms with E-state index in [9.17, 15) is 0 Å². The molecule has 2 saturated carbocycles. The van der Waals surface area contributed by atoms with Crippen molar-refractivity contribution in [1.82, 2.24) is 15.0 Å². The number of aromatic nitrogens is 4. The van der Waals surface area contributed by atoms with Gasteiger partial charge in [-0.25, -0.2) is 19.5 Å². The first-order chi connectivity index (χ1) is 13.7. The summed E-state index contributed by atoms with van der Waals surface area (Å²) in [6, 6.07) is 4.43. The van der Waals surface area contributed by atoms with Gasteiger partial charge in [0.1, 0.15) is 4.83 Å². The predicted molar refractivity (Wildman–Crippen MR) is 116 cm³/mol. The minimum atomic E-state index is 0.628. The lowest BCUT2D eigenvalue weighted by Gasteiger charge is -2.23. The van der Waals surface area contributed by atoms with Crippen molar-refractivity contribution in [2.24, 2.45) is 7.05 Å². The molecule has 3 N–H and O–H groups in total. The Kier molecular flexibility index (Phi) is 3.71. The normalized spacial score (nSPS) is 17.5. The molecule has 0 bridgehead atoms. The Labute approximate surface area is 171 Å². The second kappa shape index (κ2) is 6.19. The van der Waals surface area contributed by atoms with E-state index >= 15 is 0 Å². The van der Waals surface area contributed by atoms with Gasteiger partial charge in [-0.15, -0.1) is 23.1 Å². The number of nitrogens with two attached hydrogens (primary N) is 1. The summed E-state index contributed by atoms with van der Waals surface area (Å²) in [5, 5.41) is 1.94. The third-order valence-corrected chi connectivity index (χ3v) is 8.65. The van der Waals surface area contributed by atoms with Crippen LogP contribution in [0.25, 0.3) is 32.6 Å². The van der Waals surface area contributed by atoms with Gasteiger partial charge in [0, 0.05) is 28.5 Å². The molecule has 4 heterocycles. The van der Waals surface area contributed by atoms with E-state index in [4.69, 9.17) is 10.7 Å². The molecular formula is C21H22N5S2+. The third-order valence-electron chi connectivity index (χ3n) is 5.98. The molecule has 7 heteroatoms. The summed E-state index contributed by atoms with van der Waals surface area (Å²) in [4.78, 5) is 13.9. The van der Waals surface area contributed by atoms with Gasteiger partial charge >= 0.3 is 0 Å². The van der Waals surface area contributed by atoms with Crippen LogP contribution < -0.4 is 10.3 Å². The predicted octanol–water partition coefficient (Wildman–Crippen LogP) is 4.77. The maximum absolute atomic E-state index is 6.63. The van der Waals surface area contributed by atoms with E-state index in [1.165, 1.54) is 47.3 Å². The smallest absolute Gasteiger partial charge is 0.266 e. The van der Waals surface area contributed by atoms with Crippen molar-refractivity contribution in [2.45, 2.75) is 47.5 Å². The number of aromatic amines is 1. The van der Waals surface area contributed by atoms with Gasteiger partial charge in [-0.1, -0.05) is 6.42 Å². The highest BCUT2D eigenvalue weighted by Gasteiger charge is 2.30. The Morgan fingerprint density at radius 1 is 1.25 bits per heavy atom. The lowest BCUT2D eigenvalue weighted by molar-refractivity contribution is -0.644. The fourth-order valence-electron chi connectivity index (χ4n) is 3.92. The van der Waals surface area contributed by atoms with Gasteiger partial charge in [0.15, 0.2) is 5.52 Å². The zero-order valence-electron chi connectivity index (χ0n) is 15.7. The van der Waals surface area contributed by atoms with Gasteiger partial charge in [-0.3, -0.25) is 0 Å². The van der Waals surface area contributed by atoms with Crippen LogP contribution in [-0.4, -0.2) is 20.2 Å². The molecule has 0 spiro atoms. The number of thiophene rings is 1. The summed E-state index contributed by atoms with van der Waals surface area (Å²) < 4.78 is 3.32. The molecule has 2 aliphatic carbocycles. The average molecular weight is 409 g/mol. The Morgan fingerprint density at radius 2 is 2.11 bits per heavy atom. The van der Waals surface area contributed by atoms with E-state index in [1.807, 2.05) is 31.3 Å². The summed E-state index contributed by atoms with van der Waals surface area (Å²) in [5.74, 6) is 0.628. The van der Waals surface area contributed by atoms with Crippen LogP contribution in [0, 0.1) is 0 Å². The molecule has 0 aliphatic heterocycles. The first-order valence-electron chi connectivity index (χ1n) is 9.90. The number of hydrogen-bond acceptors (Lipinski definition) is 5. The molecule has 2 aliphatic rings. The number of imidazole rings is 1. The number of pyridine rings is 2. The molecule has 6 rings (SSSR count). The van der Waals surface area contributed by atoms with Crippen LogP contribution in [0.1, 0.15) is 43.6 Å². The minimum Gasteiger partial charge on any atom is -0.397 e. The van der Waals surface area contributed by atoms with E-state index in [2.05, 4.69) is 26.7 Å². The molecule has 0 aromatic carbocycles. The molecule has 142 valence electrons. The van der Waals surface area contributed by atoms with E-state index in [-0.39, 0.29) is 0 Å². The Balaban J connectivity index is 1.51. The molecular weight excluding hydrogens is 386 g/mol. The lowest BCUT2D eigenvalue weighted by atomic mass is 10.0. The maximum Gasteiger partial charge on any atom is 0.266 e. The SMILES string of the molecule is C[n+]1c[nH]c2ncc(-c3cc(C4CC4)c4c(N)c(SC5CCC5)sc4n3)cc21. The van der Waals surface area contributed by atoms with Crippen molar-refractivity contribution in [3.05, 3.63) is 30.2 Å². The van der Waals surface area contributed by atoms with Gasteiger partial charge in [-0.05, 0) is 43.2 Å². The average Bonchev–Trinajstić information content (AvgIpc) is 3.39. The largest absolute Gasteiger partial charge is 0.397 e. The van der Waals surface area contributed by atoms with Crippen molar-refractivity contribution in [1.29, 1.82) is 0 Å². The Bertz CT molecular complexity index is 1220. The fraction of sp³-hybridized carbons (Fsp3) is 0.381. The summed E-state index contributed by atoms with van der Waals surface area (Å²) >= 11 is 3.74. The first kappa shape index (κ1) is 16.8. The third kappa shape index (κ3) is 2.63. The number of thioether (sulfide) groups is 1. The monoisotopic (exact) mass is 408 g/mol. The Morgan fingerprint density at radius 3 is 2.86 bits per heavy atom. The number of nitrogen functional groups attached to an aromatic ring is 1. The van der Waals surface area contributed by atoms with Crippen molar-refractivity contribution in [3.8, 4) is 11.3 Å². The van der Waals surface area contributed by atoms with Crippen LogP contribution in [0.4, 0.5) is 5.69 Å². The standard InChI is InChI=1S/C21H21N5S2/c1-26-10-24-19-16(26)7-12(9-23-19)15-8-14(11-5-6-11)17-18(22)21(28-20(17)25-15)27-13-3-2-4-13/h7-11,13H,2-6,22H2,1H3/p+1. The highest BCUT2D eigenvalue weighted by atomic mass is 32.2. The summed E-state index contributed by atoms with van der Waals surface area (Å²) in [5.41, 5.74) is 13.0. The highest BCUT2D eigenvalue weighted by Crippen LogP contribution is 2.51. The van der Waals surface area contributed by atoms with E-state index in [0.29, 0.717) is 5.92 Å². The van der Waals surface area contributed by atoms with Crippen LogP contribution in [0.2, 0.25) is 0 Å². The number of aryl methyl sites for hydroxylation is 1. The van der Waals surface area contributed by atoms with Gasteiger partial charge in [0.05, 0.1) is 22.6 Å². The summed E-state index contributed by atoms with van der Waals surface area (Å²) in [6.07, 6.45) is 10.3. The molecule has 0 saturated heterocycles. The molecule has 28 heavy (non-hydrogen) atoms. The fourth-order valence-corrected chi connectivity index (χ4v) is 6.72. The maximum atomic E-state index is 6.63. The topological polar surface area (TPSA) is 71.5 Å². The van der Waals surface area contributed by atoms with Crippen molar-refractivity contribution in [3.63, 3.8) is 0 Å². The second-order valence-corrected chi connectivity index (χ2v) is 10.6. The van der Waals surface area contributed by atoms with Crippen LogP contribution in [0.3, 0.4) is 0 Å². The van der Waals surface area contributed by atoms with E-state index in [1.54, 1.807) is 11.3 Å². The number of nitrogens with one attached hydrogen (secondary N) is 1. The number of anilines is 1. The van der Waals surface area contributed by atoms with Crippen LogP contribution in [0.15, 0.2) is 28.9 Å². The van der Waals surface area contributed by atoms with Crippen LogP contribution in [-0.2, 0) is 7.05 Å². The van der Waals surface area contributed by atoms with Gasteiger partial charge in [-0.2, -0.15) is 0 Å². The highest BCUT2D eigenvalue weighted by molar-refractivity contribution is 8.02. The number of fused-ring (bicyclic) bond motifs is 2. The molecule has 2 fully saturated rings. The molecule has 4 aromatic heterocycles. The Hall–Kier alpha value is -2.12. The molecule has 0 amide bonds. The zero-order valence-corrected chi connectivity index (χ0v) is 17.4. The lowest BCUT2D eigenvalue weighted by Crippen LogP contribution is -2.24. The number of H-pyrrole nitrogens is 1. The van der Waals surface area contributed by atoms with Crippen LogP contribution >= 0.6 is 23.1 Å². The molecule has 0 unspecified atom stereocenters. The quantitative estimate of drug-likeness (QED) is 0.477. The van der Waals surface area contributed by atoms with Gasteiger partial charge in [0.2, 0.25) is 6.33 Å². The zero-order chi connectivity index (χ0) is 18.8. The van der Waals surface area contributed by atoms with E-state index < -0.39 is 0 Å². The van der Waals surface area contributed by atoms with Gasteiger partial charge in [0.25, 0.3) is 5.65 Å². The summed E-state index contributed by atoms with van der Waals surface area (Å²) in [7, 11) is 2.03. The number of nitrogens with zero attached hydrogens (tertiary/aromatic N) is 3. The van der Waals surface area contributed by atoms with E-state index in [0.717, 1.165) is 38.2 Å². The number of hydrogen-bond donors (Lipinski definition) is 2. The molecule has 0 atom stereocenters. The second-order valence-electron chi connectivity index (χ2n) is 8.00. The van der Waals surface area contributed by atoms with Crippen molar-refractivity contribution < 1.29 is 4.57 Å². The molecule has 5 nitrogen and oxygen atoms in total. The summed E-state index contributed by atoms with van der Waals surface area (Å²) in [6.45, 7) is 0. The van der Waals surface area contributed by atoms with Gasteiger partial charge < -0.3 is 5.73 Å². The molecule has 4 aromatic rings. The molecule has 0 radical (unpaired) electrons. The first-order valence-corrected chi connectivity index (χ1v) is 11.6. The number of rotatable bonds is 4. The van der Waals surface area contributed by atoms with Crippen molar-refractivity contribution in [2.75, 3.05) is 5.73 Å².